The van der Waals surface area contributed by atoms with E-state index in [4.69, 9.17) is 5.73 Å². The Hall–Kier alpha value is -0.153. The van der Waals surface area contributed by atoms with Gasteiger partial charge in [-0.25, -0.2) is 0 Å². The van der Waals surface area contributed by atoms with Crippen molar-refractivity contribution in [2.45, 2.75) is 56.9 Å². The van der Waals surface area contributed by atoms with E-state index in [1.54, 1.807) is 0 Å². The molecule has 3 heteroatoms. The van der Waals surface area contributed by atoms with Gasteiger partial charge in [-0.2, -0.15) is 0 Å². The Morgan fingerprint density at radius 1 is 1.38 bits per heavy atom. The number of rotatable bonds is 1. The minimum Gasteiger partial charge on any atom is -0.321 e. The monoisotopic (exact) mass is 199 g/mol. The molecule has 13 heavy (non-hydrogen) atoms. The molecule has 2 atom stereocenters. The van der Waals surface area contributed by atoms with Crippen molar-refractivity contribution in [1.82, 2.24) is 0 Å². The zero-order valence-corrected chi connectivity index (χ0v) is 10.3. The van der Waals surface area contributed by atoms with Crippen LogP contribution in [-0.4, -0.2) is 19.9 Å². The Balaban J connectivity index is 2.78. The molecule has 0 aromatic rings. The second-order valence-corrected chi connectivity index (χ2v) is 11.4. The lowest BCUT2D eigenvalue weighted by Crippen LogP contribution is -2.57. The molecule has 0 amide bonds. The Morgan fingerprint density at radius 3 is 2.08 bits per heavy atom. The quantitative estimate of drug-likeness (QED) is 0.658. The lowest BCUT2D eigenvalue weighted by Gasteiger charge is -2.48. The predicted octanol–water partition coefficient (Wildman–Crippen LogP) is 2.17. The number of hydrogen-bond donors (Lipinski definition) is 1. The standard InChI is InChI=1S/C10H21NOSi/c1-10(2,3)13(4,5)8-6-7(11)9(8)12/h7-8H,6,11H2,1-5H3. The Morgan fingerprint density at radius 2 is 1.85 bits per heavy atom. The van der Waals surface area contributed by atoms with Crippen LogP contribution in [0.3, 0.4) is 0 Å². The molecule has 1 aliphatic carbocycles. The van der Waals surface area contributed by atoms with Crippen LogP contribution in [0, 0.1) is 0 Å². The van der Waals surface area contributed by atoms with Gasteiger partial charge in [0.1, 0.15) is 5.78 Å². The minimum atomic E-state index is -1.46. The zero-order valence-electron chi connectivity index (χ0n) is 9.35. The molecule has 0 spiro atoms. The fourth-order valence-corrected chi connectivity index (χ4v) is 4.57. The van der Waals surface area contributed by atoms with Crippen molar-refractivity contribution in [3.8, 4) is 0 Å². The second kappa shape index (κ2) is 2.92. The Labute approximate surface area is 81.9 Å². The SMILES string of the molecule is CC(C)(C)[Si](C)(C)C1CC(N)C1=O. The predicted molar refractivity (Wildman–Crippen MR) is 58.5 cm³/mol. The maximum Gasteiger partial charge on any atom is 0.150 e. The number of Topliss-reactive ketones (excluding diaryl/α,β-unsaturated/α-hetero) is 1. The molecule has 0 heterocycles. The average Bonchev–Trinajstić information content (AvgIpc) is 1.97. The lowest BCUT2D eigenvalue weighted by molar-refractivity contribution is -0.125. The molecule has 1 fully saturated rings. The van der Waals surface area contributed by atoms with E-state index in [9.17, 15) is 4.79 Å². The average molecular weight is 199 g/mol. The molecular formula is C10H21NOSi. The van der Waals surface area contributed by atoms with Crippen LogP contribution >= 0.6 is 0 Å². The summed E-state index contributed by atoms with van der Waals surface area (Å²) in [5.41, 5.74) is 5.93. The molecule has 2 N–H and O–H groups in total. The van der Waals surface area contributed by atoms with Crippen LogP contribution in [0.2, 0.25) is 23.7 Å². The molecule has 0 radical (unpaired) electrons. The van der Waals surface area contributed by atoms with Gasteiger partial charge in [-0.05, 0) is 11.5 Å². The summed E-state index contributed by atoms with van der Waals surface area (Å²) in [5.74, 6) is 0.312. The first-order valence-electron chi connectivity index (χ1n) is 4.97. The van der Waals surface area contributed by atoms with Crippen LogP contribution in [-0.2, 0) is 4.79 Å². The van der Waals surface area contributed by atoms with E-state index in [1.807, 2.05) is 0 Å². The summed E-state index contributed by atoms with van der Waals surface area (Å²) in [6, 6.07) is -0.154. The molecule has 2 nitrogen and oxygen atoms in total. The lowest BCUT2D eigenvalue weighted by atomic mass is 9.91. The van der Waals surface area contributed by atoms with Crippen molar-refractivity contribution in [2.24, 2.45) is 5.73 Å². The summed E-state index contributed by atoms with van der Waals surface area (Å²) >= 11 is 0. The second-order valence-electron chi connectivity index (χ2n) is 5.77. The summed E-state index contributed by atoms with van der Waals surface area (Å²) in [6.45, 7) is 11.4. The molecule has 0 aromatic heterocycles. The summed E-state index contributed by atoms with van der Waals surface area (Å²) in [6.07, 6.45) is 0.926. The van der Waals surface area contributed by atoms with E-state index < -0.39 is 8.07 Å². The maximum atomic E-state index is 11.6. The third-order valence-electron chi connectivity index (χ3n) is 4.00. The maximum absolute atomic E-state index is 11.6. The minimum absolute atomic E-state index is 0.154. The van der Waals surface area contributed by atoms with Crippen LogP contribution in [0.4, 0.5) is 0 Å². The smallest absolute Gasteiger partial charge is 0.150 e. The first kappa shape index (κ1) is 10.9. The highest BCUT2D eigenvalue weighted by Crippen LogP contribution is 2.49. The highest BCUT2D eigenvalue weighted by atomic mass is 28.3. The van der Waals surface area contributed by atoms with Gasteiger partial charge in [0.2, 0.25) is 0 Å². The number of ketones is 1. The molecule has 1 rings (SSSR count). The van der Waals surface area contributed by atoms with Crippen molar-refractivity contribution in [3.63, 3.8) is 0 Å². The Kier molecular flexibility index (Phi) is 2.45. The summed E-state index contributed by atoms with van der Waals surface area (Å²) in [4.78, 5) is 11.6. The molecule has 2 unspecified atom stereocenters. The fourth-order valence-electron chi connectivity index (χ4n) is 1.76. The van der Waals surface area contributed by atoms with E-state index in [1.165, 1.54) is 0 Å². The molecule has 76 valence electrons. The van der Waals surface area contributed by atoms with E-state index in [0.29, 0.717) is 16.4 Å². The Bertz CT molecular complexity index is 230. The third kappa shape index (κ3) is 1.59. The highest BCUT2D eigenvalue weighted by Gasteiger charge is 2.52. The van der Waals surface area contributed by atoms with Gasteiger partial charge < -0.3 is 5.73 Å². The van der Waals surface area contributed by atoms with Crippen molar-refractivity contribution in [3.05, 3.63) is 0 Å². The molecule has 0 bridgehead atoms. The zero-order chi connectivity index (χ0) is 10.4. The number of carbonyl (C=O) groups is 1. The van der Waals surface area contributed by atoms with Crippen molar-refractivity contribution in [2.75, 3.05) is 0 Å². The fraction of sp³-hybridized carbons (Fsp3) is 0.900. The summed E-state index contributed by atoms with van der Waals surface area (Å²) < 4.78 is 0. The third-order valence-corrected chi connectivity index (χ3v) is 10.1. The van der Waals surface area contributed by atoms with Crippen LogP contribution in [0.1, 0.15) is 27.2 Å². The van der Waals surface area contributed by atoms with Crippen LogP contribution < -0.4 is 5.73 Å². The summed E-state index contributed by atoms with van der Waals surface area (Å²) in [5, 5.41) is 0.299. The molecular weight excluding hydrogens is 178 g/mol. The molecule has 1 saturated carbocycles. The normalized spacial score (nSPS) is 30.2. The van der Waals surface area contributed by atoms with Gasteiger partial charge in [0.05, 0.1) is 14.1 Å². The van der Waals surface area contributed by atoms with Gasteiger partial charge in [0, 0.05) is 5.54 Å². The number of carbonyl (C=O) groups excluding carboxylic acids is 1. The van der Waals surface area contributed by atoms with E-state index >= 15 is 0 Å². The van der Waals surface area contributed by atoms with E-state index in [-0.39, 0.29) is 6.04 Å². The van der Waals surface area contributed by atoms with Crippen molar-refractivity contribution < 1.29 is 4.79 Å². The number of nitrogens with two attached hydrogens (primary N) is 1. The van der Waals surface area contributed by atoms with E-state index in [0.717, 1.165) is 6.42 Å². The first-order valence-corrected chi connectivity index (χ1v) is 8.05. The van der Waals surface area contributed by atoms with Gasteiger partial charge in [0.15, 0.2) is 0 Å². The largest absolute Gasteiger partial charge is 0.321 e. The van der Waals surface area contributed by atoms with E-state index in [2.05, 4.69) is 33.9 Å². The van der Waals surface area contributed by atoms with Crippen LogP contribution in [0.5, 0.6) is 0 Å². The highest BCUT2D eigenvalue weighted by molar-refractivity contribution is 6.85. The molecule has 1 aliphatic rings. The van der Waals surface area contributed by atoms with Gasteiger partial charge in [-0.1, -0.05) is 33.9 Å². The number of hydrogen-bond acceptors (Lipinski definition) is 2. The van der Waals surface area contributed by atoms with Crippen molar-refractivity contribution in [1.29, 1.82) is 0 Å². The first-order chi connectivity index (χ1) is 5.68. The van der Waals surface area contributed by atoms with Crippen molar-refractivity contribution >= 4 is 13.9 Å². The molecule has 0 saturated heterocycles. The summed E-state index contributed by atoms with van der Waals surface area (Å²) in [7, 11) is -1.46. The van der Waals surface area contributed by atoms with Gasteiger partial charge in [0.25, 0.3) is 0 Å². The topological polar surface area (TPSA) is 43.1 Å². The van der Waals surface area contributed by atoms with Gasteiger partial charge in [-0.3, -0.25) is 4.79 Å². The van der Waals surface area contributed by atoms with Gasteiger partial charge in [-0.15, -0.1) is 0 Å². The van der Waals surface area contributed by atoms with Gasteiger partial charge >= 0.3 is 0 Å². The molecule has 0 aromatic carbocycles. The van der Waals surface area contributed by atoms with Crippen LogP contribution in [0.25, 0.3) is 0 Å². The van der Waals surface area contributed by atoms with Crippen LogP contribution in [0.15, 0.2) is 0 Å². The molecule has 0 aliphatic heterocycles.